The summed E-state index contributed by atoms with van der Waals surface area (Å²) >= 11 is 1.55. The van der Waals surface area contributed by atoms with E-state index in [1.165, 1.54) is 51.4 Å². The molecule has 2 saturated carbocycles. The quantitative estimate of drug-likeness (QED) is 0.163. The summed E-state index contributed by atoms with van der Waals surface area (Å²) in [6, 6.07) is 6.26. The third-order valence-corrected chi connectivity index (χ3v) is 8.08. The van der Waals surface area contributed by atoms with Gasteiger partial charge in [-0.3, -0.25) is 9.78 Å². The van der Waals surface area contributed by atoms with Gasteiger partial charge in [-0.15, -0.1) is 11.8 Å². The maximum absolute atomic E-state index is 11.9. The van der Waals surface area contributed by atoms with Crippen LogP contribution in [-0.2, 0) is 39.7 Å². The molecule has 2 bridgehead atoms. The van der Waals surface area contributed by atoms with Gasteiger partial charge in [0.2, 0.25) is 0 Å². The van der Waals surface area contributed by atoms with Gasteiger partial charge in [-0.05, 0) is 44.7 Å². The molecule has 2 heterocycles. The molecule has 0 aromatic carbocycles. The molecular formula is C25H41Cl2MnN5O2S. The van der Waals surface area contributed by atoms with Crippen LogP contribution in [-0.4, -0.2) is 60.6 Å². The Balaban J connectivity index is 0.00000216. The predicted octanol–water partition coefficient (Wildman–Crippen LogP) is -3.26. The third-order valence-electron chi connectivity index (χ3n) is 7.13. The second kappa shape index (κ2) is 18.2. The summed E-state index contributed by atoms with van der Waals surface area (Å²) in [7, 11) is 0. The Morgan fingerprint density at radius 3 is 1.75 bits per heavy atom. The van der Waals surface area contributed by atoms with Crippen molar-refractivity contribution in [1.29, 1.82) is 0 Å². The number of nitrogens with zero attached hydrogens (tertiary/aromatic N) is 1. The van der Waals surface area contributed by atoms with Crippen LogP contribution in [0.4, 0.5) is 0 Å². The van der Waals surface area contributed by atoms with Crippen molar-refractivity contribution < 1.29 is 51.4 Å². The van der Waals surface area contributed by atoms with Crippen LogP contribution in [0.1, 0.15) is 69.7 Å². The largest absolute Gasteiger partial charge is 2.00 e. The number of carbonyl (C=O) groups is 1. The summed E-state index contributed by atoms with van der Waals surface area (Å²) in [5.74, 6) is 0.171. The number of thioether (sulfide) groups is 1. The van der Waals surface area contributed by atoms with Gasteiger partial charge in [-0.25, -0.2) is 0 Å². The number of carbonyl (C=O) groups excluding carboxylic acids is 1. The SMILES string of the molecule is CCOC(=O)CSc1cc2nc(c1)CN[C@@H]1CCCC[C@H]1NCCN[C@@H]1CCCC[C@H]1NC2.[Cl-].[Cl-].[Mn+2]. The zero-order valence-corrected chi connectivity index (χ0v) is 24.7. The topological polar surface area (TPSA) is 87.3 Å². The van der Waals surface area contributed by atoms with E-state index in [1.807, 2.05) is 6.92 Å². The Kier molecular flexibility index (Phi) is 17.2. The van der Waals surface area contributed by atoms with Crippen LogP contribution >= 0.6 is 11.8 Å². The first-order chi connectivity index (χ1) is 16.2. The van der Waals surface area contributed by atoms with Gasteiger partial charge in [0.25, 0.3) is 0 Å². The molecule has 7 nitrogen and oxygen atoms in total. The monoisotopic (exact) mass is 600 g/mol. The fourth-order valence-electron chi connectivity index (χ4n) is 5.45. The standard InChI is InChI=1S/C25H41N5O2S.2ClH.Mn/c1-2-32-25(31)17-33-20-13-18-15-28-23-9-5-3-7-21(23)26-11-12-27-22-8-4-6-10-24(22)29-16-19(14-20)30-18;;;/h13-14,21-24,26-29H,2-12,15-17H2,1H3;2*1H;/q;;;+2/p-2/t21-,22-,23-,24-;;;/m1.../s1. The molecular weight excluding hydrogens is 560 g/mol. The van der Waals surface area contributed by atoms with E-state index < -0.39 is 0 Å². The van der Waals surface area contributed by atoms with Gasteiger partial charge in [0.05, 0.1) is 23.7 Å². The number of fused-ring (bicyclic) bond motifs is 4. The zero-order chi connectivity index (χ0) is 22.9. The summed E-state index contributed by atoms with van der Waals surface area (Å²) in [6.07, 6.45) is 10.1. The maximum Gasteiger partial charge on any atom is 2.00 e. The molecule has 1 aromatic heterocycles. The van der Waals surface area contributed by atoms with Gasteiger partial charge in [0.15, 0.2) is 0 Å². The minimum absolute atomic E-state index is 0. The molecule has 0 saturated heterocycles. The number of rotatable bonds is 4. The van der Waals surface area contributed by atoms with Crippen molar-refractivity contribution in [2.45, 2.75) is 100 Å². The first-order valence-electron chi connectivity index (χ1n) is 12.9. The first-order valence-corrected chi connectivity index (χ1v) is 13.9. The van der Waals surface area contributed by atoms with E-state index in [-0.39, 0.29) is 47.9 Å². The van der Waals surface area contributed by atoms with Crippen molar-refractivity contribution >= 4 is 17.7 Å². The molecule has 1 aromatic rings. The first kappa shape index (κ1) is 33.9. The Hall–Kier alpha value is -0.0905. The number of nitrogens with one attached hydrogen (secondary N) is 4. The van der Waals surface area contributed by atoms with E-state index in [9.17, 15) is 4.79 Å². The van der Waals surface area contributed by atoms with E-state index in [0.29, 0.717) is 36.5 Å². The molecule has 0 amide bonds. The molecule has 0 unspecified atom stereocenters. The van der Waals surface area contributed by atoms with Gasteiger partial charge in [-0.1, -0.05) is 25.7 Å². The summed E-state index contributed by atoms with van der Waals surface area (Å²) in [4.78, 5) is 18.0. The number of ether oxygens (including phenoxy) is 1. The number of pyridine rings is 1. The molecule has 3 aliphatic rings. The zero-order valence-electron chi connectivity index (χ0n) is 21.2. The molecule has 36 heavy (non-hydrogen) atoms. The summed E-state index contributed by atoms with van der Waals surface area (Å²) in [6.45, 7) is 5.83. The predicted molar refractivity (Wildman–Crippen MR) is 133 cm³/mol. The molecule has 11 heteroatoms. The van der Waals surface area contributed by atoms with Crippen LogP contribution in [0.25, 0.3) is 0 Å². The Bertz CT molecular complexity index is 734. The molecule has 4 atom stereocenters. The number of halogens is 2. The van der Waals surface area contributed by atoms with Crippen LogP contribution in [0.3, 0.4) is 0 Å². The van der Waals surface area contributed by atoms with Crippen molar-refractivity contribution in [2.24, 2.45) is 0 Å². The number of hydrogen-bond donors (Lipinski definition) is 4. The van der Waals surface area contributed by atoms with Crippen molar-refractivity contribution in [2.75, 3.05) is 25.4 Å². The molecule has 4 rings (SSSR count). The van der Waals surface area contributed by atoms with Gasteiger partial charge in [-0.2, -0.15) is 0 Å². The number of esters is 1. The smallest absolute Gasteiger partial charge is 1.00 e. The number of aromatic nitrogens is 1. The van der Waals surface area contributed by atoms with Crippen LogP contribution in [0, 0.1) is 0 Å². The van der Waals surface area contributed by atoms with Crippen LogP contribution in [0.5, 0.6) is 0 Å². The van der Waals surface area contributed by atoms with Crippen molar-refractivity contribution in [1.82, 2.24) is 26.3 Å². The Morgan fingerprint density at radius 1 is 0.861 bits per heavy atom. The summed E-state index contributed by atoms with van der Waals surface area (Å²) < 4.78 is 5.12. The fraction of sp³-hybridized carbons (Fsp3) is 0.760. The average Bonchev–Trinajstić information content (AvgIpc) is 2.84. The Labute approximate surface area is 243 Å². The van der Waals surface area contributed by atoms with Crippen LogP contribution < -0.4 is 46.1 Å². The molecule has 1 radical (unpaired) electrons. The van der Waals surface area contributed by atoms with Crippen LogP contribution in [0.15, 0.2) is 17.0 Å². The average molecular weight is 602 g/mol. The number of hydrogen-bond acceptors (Lipinski definition) is 8. The van der Waals surface area contributed by atoms with Crippen molar-refractivity contribution in [3.8, 4) is 0 Å². The molecule has 1 aliphatic heterocycles. The van der Waals surface area contributed by atoms with Gasteiger partial charge in [0, 0.05) is 55.2 Å². The van der Waals surface area contributed by atoms with Gasteiger partial charge in [0.1, 0.15) is 0 Å². The van der Waals surface area contributed by atoms with E-state index >= 15 is 0 Å². The minimum Gasteiger partial charge on any atom is -1.00 e. The minimum atomic E-state index is -0.163. The third kappa shape index (κ3) is 10.6. The van der Waals surface area contributed by atoms with Crippen molar-refractivity contribution in [3.05, 3.63) is 23.5 Å². The Morgan fingerprint density at radius 2 is 1.31 bits per heavy atom. The molecule has 205 valence electrons. The maximum atomic E-state index is 11.9. The second-order valence-corrected chi connectivity index (χ2v) is 10.6. The second-order valence-electron chi connectivity index (χ2n) is 9.54. The van der Waals surface area contributed by atoms with Gasteiger partial charge < -0.3 is 50.8 Å². The van der Waals surface area contributed by atoms with Crippen molar-refractivity contribution in [3.63, 3.8) is 0 Å². The summed E-state index contributed by atoms with van der Waals surface area (Å²) in [5, 5.41) is 15.2. The van der Waals surface area contributed by atoms with Gasteiger partial charge >= 0.3 is 23.0 Å². The van der Waals surface area contributed by atoms with E-state index in [4.69, 9.17) is 9.72 Å². The van der Waals surface area contributed by atoms with E-state index in [1.54, 1.807) is 11.8 Å². The van der Waals surface area contributed by atoms with E-state index in [2.05, 4.69) is 33.4 Å². The van der Waals surface area contributed by atoms with E-state index in [0.717, 1.165) is 42.5 Å². The summed E-state index contributed by atoms with van der Waals surface area (Å²) in [5.41, 5.74) is 2.11. The molecule has 4 N–H and O–H groups in total. The fourth-order valence-corrected chi connectivity index (χ4v) is 6.26. The molecule has 2 aliphatic carbocycles. The molecule has 2 fully saturated rings. The molecule has 0 spiro atoms. The normalized spacial score (nSPS) is 26.7. The van der Waals surface area contributed by atoms with Crippen LogP contribution in [0.2, 0.25) is 0 Å².